The Morgan fingerprint density at radius 1 is 0.947 bits per heavy atom. The van der Waals surface area contributed by atoms with Crippen molar-refractivity contribution in [1.29, 1.82) is 0 Å². The van der Waals surface area contributed by atoms with Gasteiger partial charge in [0.1, 0.15) is 5.78 Å². The van der Waals surface area contributed by atoms with Crippen LogP contribution in [-0.2, 0) is 11.2 Å². The second-order valence-corrected chi connectivity index (χ2v) is 6.68. The quantitative estimate of drug-likeness (QED) is 0.776. The molecule has 0 heterocycles. The molecule has 0 saturated heterocycles. The van der Waals surface area contributed by atoms with Crippen LogP contribution in [0.25, 0.3) is 0 Å². The Bertz CT molecular complexity index is 492. The van der Waals surface area contributed by atoms with Crippen molar-refractivity contribution in [2.45, 2.75) is 50.9 Å². The fourth-order valence-corrected chi connectivity index (χ4v) is 4.70. The summed E-state index contributed by atoms with van der Waals surface area (Å²) < 4.78 is 0. The second kappa shape index (κ2) is 4.47. The Balaban J connectivity index is 1.59. The lowest BCUT2D eigenvalue weighted by Crippen LogP contribution is -2.21. The largest absolute Gasteiger partial charge is 0.299 e. The van der Waals surface area contributed by atoms with Crippen molar-refractivity contribution in [3.63, 3.8) is 0 Å². The van der Waals surface area contributed by atoms with Crippen LogP contribution in [0.3, 0.4) is 0 Å². The summed E-state index contributed by atoms with van der Waals surface area (Å²) in [6.07, 6.45) is 8.78. The minimum atomic E-state index is 0.223. The zero-order valence-corrected chi connectivity index (χ0v) is 11.5. The van der Waals surface area contributed by atoms with E-state index in [9.17, 15) is 4.79 Å². The SMILES string of the molecule is O=C(C1CCCc2ccccc21)C1C2CCCCC21. The van der Waals surface area contributed by atoms with E-state index in [1.165, 1.54) is 43.2 Å². The summed E-state index contributed by atoms with van der Waals surface area (Å²) in [6, 6.07) is 8.63. The van der Waals surface area contributed by atoms with Crippen LogP contribution in [-0.4, -0.2) is 5.78 Å². The van der Waals surface area contributed by atoms with Crippen LogP contribution in [0.4, 0.5) is 0 Å². The summed E-state index contributed by atoms with van der Waals surface area (Å²) >= 11 is 0. The minimum absolute atomic E-state index is 0.223. The van der Waals surface area contributed by atoms with Gasteiger partial charge < -0.3 is 0 Å². The fourth-order valence-electron chi connectivity index (χ4n) is 4.70. The van der Waals surface area contributed by atoms with E-state index in [4.69, 9.17) is 0 Å². The second-order valence-electron chi connectivity index (χ2n) is 6.68. The third kappa shape index (κ3) is 1.86. The summed E-state index contributed by atoms with van der Waals surface area (Å²) in [5, 5.41) is 0. The zero-order valence-electron chi connectivity index (χ0n) is 11.5. The van der Waals surface area contributed by atoms with Gasteiger partial charge >= 0.3 is 0 Å². The molecule has 1 aromatic carbocycles. The molecule has 3 unspecified atom stereocenters. The molecule has 3 aliphatic rings. The molecule has 100 valence electrons. The summed E-state index contributed by atoms with van der Waals surface area (Å²) in [7, 11) is 0. The molecular weight excluding hydrogens is 232 g/mol. The number of aryl methyl sites for hydroxylation is 1. The lowest BCUT2D eigenvalue weighted by Gasteiger charge is -2.24. The van der Waals surface area contributed by atoms with Gasteiger partial charge in [0, 0.05) is 11.8 Å². The summed E-state index contributed by atoms with van der Waals surface area (Å²) in [4.78, 5) is 12.9. The summed E-state index contributed by atoms with van der Waals surface area (Å²) in [5.41, 5.74) is 2.78. The van der Waals surface area contributed by atoms with Crippen LogP contribution >= 0.6 is 0 Å². The van der Waals surface area contributed by atoms with Crippen molar-refractivity contribution in [2.75, 3.05) is 0 Å². The van der Waals surface area contributed by atoms with E-state index >= 15 is 0 Å². The van der Waals surface area contributed by atoms with Crippen LogP contribution in [0.15, 0.2) is 24.3 Å². The van der Waals surface area contributed by atoms with Gasteiger partial charge in [-0.05, 0) is 55.1 Å². The molecule has 2 fully saturated rings. The predicted molar refractivity (Wildman–Crippen MR) is 76.1 cm³/mol. The van der Waals surface area contributed by atoms with Gasteiger partial charge in [-0.15, -0.1) is 0 Å². The van der Waals surface area contributed by atoms with Crippen LogP contribution < -0.4 is 0 Å². The molecule has 0 aliphatic heterocycles. The molecule has 2 saturated carbocycles. The van der Waals surface area contributed by atoms with E-state index < -0.39 is 0 Å². The topological polar surface area (TPSA) is 17.1 Å². The van der Waals surface area contributed by atoms with E-state index in [2.05, 4.69) is 24.3 Å². The maximum Gasteiger partial charge on any atom is 0.143 e. The van der Waals surface area contributed by atoms with E-state index in [1.54, 1.807) is 0 Å². The van der Waals surface area contributed by atoms with E-state index in [1.807, 2.05) is 0 Å². The molecular formula is C18H22O. The molecule has 1 nitrogen and oxygen atoms in total. The molecule has 0 radical (unpaired) electrons. The molecule has 4 rings (SSSR count). The van der Waals surface area contributed by atoms with Crippen LogP contribution in [0.2, 0.25) is 0 Å². The maximum absolute atomic E-state index is 12.9. The predicted octanol–water partition coefficient (Wildman–Crippen LogP) is 4.11. The summed E-state index contributed by atoms with van der Waals surface area (Å²) in [6.45, 7) is 0. The van der Waals surface area contributed by atoms with Crippen molar-refractivity contribution in [1.82, 2.24) is 0 Å². The number of carbonyl (C=O) groups is 1. The Hall–Kier alpha value is -1.11. The van der Waals surface area contributed by atoms with E-state index in [0.717, 1.165) is 24.7 Å². The molecule has 19 heavy (non-hydrogen) atoms. The lowest BCUT2D eigenvalue weighted by atomic mass is 9.79. The number of hydrogen-bond acceptors (Lipinski definition) is 1. The average molecular weight is 254 g/mol. The molecule has 0 amide bonds. The third-order valence-electron chi connectivity index (χ3n) is 5.70. The van der Waals surface area contributed by atoms with E-state index in [0.29, 0.717) is 11.7 Å². The summed E-state index contributed by atoms with van der Waals surface area (Å²) in [5.74, 6) is 2.76. The monoisotopic (exact) mass is 254 g/mol. The molecule has 3 aliphatic carbocycles. The molecule has 0 bridgehead atoms. The Labute approximate surface area is 115 Å². The first kappa shape index (κ1) is 11.7. The molecule has 1 heteroatoms. The molecule has 0 N–H and O–H groups in total. The Kier molecular flexibility index (Phi) is 2.75. The third-order valence-corrected chi connectivity index (χ3v) is 5.70. The first-order chi connectivity index (χ1) is 9.36. The first-order valence-corrected chi connectivity index (χ1v) is 7.98. The van der Waals surface area contributed by atoms with Crippen molar-refractivity contribution < 1.29 is 4.79 Å². The van der Waals surface area contributed by atoms with Crippen LogP contribution in [0.1, 0.15) is 55.6 Å². The highest BCUT2D eigenvalue weighted by Gasteiger charge is 2.55. The first-order valence-electron chi connectivity index (χ1n) is 7.98. The zero-order chi connectivity index (χ0) is 12.8. The standard InChI is InChI=1S/C18H22O/c19-18(17-14-9-3-4-10-15(14)17)16-11-5-7-12-6-1-2-8-13(12)16/h1-2,6,8,14-17H,3-5,7,9-11H2. The van der Waals surface area contributed by atoms with Crippen molar-refractivity contribution in [3.05, 3.63) is 35.4 Å². The average Bonchev–Trinajstić information content (AvgIpc) is 3.20. The molecule has 3 atom stereocenters. The van der Waals surface area contributed by atoms with Crippen molar-refractivity contribution in [3.8, 4) is 0 Å². The van der Waals surface area contributed by atoms with Gasteiger partial charge in [0.2, 0.25) is 0 Å². The van der Waals surface area contributed by atoms with Gasteiger partial charge in [-0.3, -0.25) is 4.79 Å². The molecule has 1 aromatic rings. The molecule has 0 spiro atoms. The van der Waals surface area contributed by atoms with Gasteiger partial charge in [0.05, 0.1) is 0 Å². The van der Waals surface area contributed by atoms with Gasteiger partial charge in [-0.2, -0.15) is 0 Å². The highest BCUT2D eigenvalue weighted by Crippen LogP contribution is 2.57. The van der Waals surface area contributed by atoms with Crippen molar-refractivity contribution in [2.24, 2.45) is 17.8 Å². The highest BCUT2D eigenvalue weighted by atomic mass is 16.1. The normalized spacial score (nSPS) is 36.2. The Morgan fingerprint density at radius 2 is 1.68 bits per heavy atom. The smallest absolute Gasteiger partial charge is 0.143 e. The number of ketones is 1. The van der Waals surface area contributed by atoms with Gasteiger partial charge in [-0.1, -0.05) is 37.1 Å². The minimum Gasteiger partial charge on any atom is -0.299 e. The number of fused-ring (bicyclic) bond motifs is 2. The number of carbonyl (C=O) groups excluding carboxylic acids is 1. The maximum atomic E-state index is 12.9. The Morgan fingerprint density at radius 3 is 2.47 bits per heavy atom. The van der Waals surface area contributed by atoms with Crippen molar-refractivity contribution >= 4 is 5.78 Å². The van der Waals surface area contributed by atoms with Gasteiger partial charge in [0.25, 0.3) is 0 Å². The number of benzene rings is 1. The molecule has 0 aromatic heterocycles. The highest BCUT2D eigenvalue weighted by molar-refractivity contribution is 5.91. The van der Waals surface area contributed by atoms with Gasteiger partial charge in [0.15, 0.2) is 0 Å². The lowest BCUT2D eigenvalue weighted by molar-refractivity contribution is -0.122. The van der Waals surface area contributed by atoms with Crippen LogP contribution in [0, 0.1) is 17.8 Å². The van der Waals surface area contributed by atoms with E-state index in [-0.39, 0.29) is 5.92 Å². The van der Waals surface area contributed by atoms with Crippen LogP contribution in [0.5, 0.6) is 0 Å². The number of hydrogen-bond donors (Lipinski definition) is 0. The number of Topliss-reactive ketones (excluding diaryl/α,β-unsaturated/α-hetero) is 1. The fraction of sp³-hybridized carbons (Fsp3) is 0.611. The number of rotatable bonds is 2. The van der Waals surface area contributed by atoms with Gasteiger partial charge in [-0.25, -0.2) is 0 Å².